The van der Waals surface area contributed by atoms with Crippen molar-refractivity contribution in [2.45, 2.75) is 81.9 Å². The summed E-state index contributed by atoms with van der Waals surface area (Å²) < 4.78 is 0. The Morgan fingerprint density at radius 1 is 1.25 bits per heavy atom. The van der Waals surface area contributed by atoms with E-state index in [1.54, 1.807) is 18.7 Å². The Hall–Kier alpha value is -1.80. The standard InChI is InChI=1S/C28H41N3O4S/c1-4-10-36-25-22(7-8-23(29-25)31-9-5-6-19(16-31)17(2)27(33)34)26(32)30(3)24-20-11-18-12-21(24)15-28(35,13-18)14-20/h7-8,17-21,24,35H,4-6,9-16H2,1-3H3,(H,33,34). The Balaban J connectivity index is 1.36. The van der Waals surface area contributed by atoms with E-state index in [1.807, 2.05) is 24.1 Å². The number of carbonyl (C=O) groups is 2. The normalized spacial score (nSPS) is 34.0. The maximum absolute atomic E-state index is 13.9. The maximum atomic E-state index is 13.9. The molecule has 2 heterocycles. The first kappa shape index (κ1) is 25.8. The van der Waals surface area contributed by atoms with Crippen LogP contribution in [-0.2, 0) is 4.79 Å². The summed E-state index contributed by atoms with van der Waals surface area (Å²) in [6.07, 6.45) is 7.70. The number of hydrogen-bond donors (Lipinski definition) is 2. The maximum Gasteiger partial charge on any atom is 0.306 e. The number of carboxylic acid groups (broad SMARTS) is 1. The van der Waals surface area contributed by atoms with Crippen LogP contribution in [0.3, 0.4) is 0 Å². The van der Waals surface area contributed by atoms with Crippen LogP contribution in [0.2, 0.25) is 0 Å². The fourth-order valence-corrected chi connectivity index (χ4v) is 8.68. The summed E-state index contributed by atoms with van der Waals surface area (Å²) in [7, 11) is 1.95. The Bertz CT molecular complexity index is 987. The highest BCUT2D eigenvalue weighted by Gasteiger charge is 2.56. The highest BCUT2D eigenvalue weighted by Crippen LogP contribution is 2.57. The number of carboxylic acids is 1. The highest BCUT2D eigenvalue weighted by molar-refractivity contribution is 7.99. The van der Waals surface area contributed by atoms with Gasteiger partial charge in [-0.15, -0.1) is 11.8 Å². The molecule has 0 spiro atoms. The van der Waals surface area contributed by atoms with Crippen LogP contribution >= 0.6 is 11.8 Å². The molecule has 6 rings (SSSR count). The molecule has 1 aromatic heterocycles. The van der Waals surface area contributed by atoms with Crippen LogP contribution in [0, 0.1) is 29.6 Å². The molecular formula is C28H41N3O4S. The van der Waals surface area contributed by atoms with Crippen LogP contribution in [0.15, 0.2) is 17.2 Å². The predicted molar refractivity (Wildman–Crippen MR) is 141 cm³/mol. The Morgan fingerprint density at radius 2 is 1.97 bits per heavy atom. The first-order valence-electron chi connectivity index (χ1n) is 13.8. The first-order chi connectivity index (χ1) is 17.2. The quantitative estimate of drug-likeness (QED) is 0.491. The van der Waals surface area contributed by atoms with Gasteiger partial charge in [-0.2, -0.15) is 0 Å². The molecule has 5 aliphatic rings. The zero-order chi connectivity index (χ0) is 25.6. The van der Waals surface area contributed by atoms with Crippen molar-refractivity contribution in [1.29, 1.82) is 0 Å². The lowest BCUT2D eigenvalue weighted by molar-refractivity contribution is -0.152. The van der Waals surface area contributed by atoms with Gasteiger partial charge in [-0.3, -0.25) is 9.59 Å². The lowest BCUT2D eigenvalue weighted by atomic mass is 9.52. The first-order valence-corrected chi connectivity index (χ1v) is 14.8. The molecule has 8 heteroatoms. The van der Waals surface area contributed by atoms with Gasteiger partial charge < -0.3 is 20.0 Å². The van der Waals surface area contributed by atoms with Gasteiger partial charge in [0, 0.05) is 26.2 Å². The topological polar surface area (TPSA) is 94.0 Å². The third-order valence-electron chi connectivity index (χ3n) is 9.36. The number of nitrogens with zero attached hydrogens (tertiary/aromatic N) is 3. The molecule has 7 nitrogen and oxygen atoms in total. The number of aliphatic carboxylic acids is 1. The van der Waals surface area contributed by atoms with Crippen LogP contribution in [0.4, 0.5) is 5.82 Å². The van der Waals surface area contributed by atoms with Crippen LogP contribution < -0.4 is 4.90 Å². The Labute approximate surface area is 219 Å². The minimum Gasteiger partial charge on any atom is -0.481 e. The van der Waals surface area contributed by atoms with Crippen LogP contribution in [0.25, 0.3) is 0 Å². The van der Waals surface area contributed by atoms with Gasteiger partial charge in [0.2, 0.25) is 0 Å². The van der Waals surface area contributed by atoms with Crippen LogP contribution in [-0.4, -0.2) is 69.5 Å². The molecule has 1 aromatic rings. The van der Waals surface area contributed by atoms with E-state index in [0.29, 0.717) is 29.9 Å². The van der Waals surface area contributed by atoms with Crippen LogP contribution in [0.1, 0.15) is 75.6 Å². The molecule has 0 aromatic carbocycles. The van der Waals surface area contributed by atoms with E-state index < -0.39 is 11.6 Å². The van der Waals surface area contributed by atoms with Crippen LogP contribution in [0.5, 0.6) is 0 Å². The number of aliphatic hydroxyl groups is 1. The van der Waals surface area contributed by atoms with Gasteiger partial charge in [-0.25, -0.2) is 4.98 Å². The van der Waals surface area contributed by atoms with Gasteiger partial charge in [0.05, 0.1) is 17.1 Å². The molecule has 36 heavy (non-hydrogen) atoms. The number of pyridine rings is 1. The Morgan fingerprint density at radius 3 is 2.61 bits per heavy atom. The van der Waals surface area contributed by atoms with Gasteiger partial charge in [0.1, 0.15) is 10.8 Å². The summed E-state index contributed by atoms with van der Waals surface area (Å²) in [5.74, 6) is 2.13. The van der Waals surface area contributed by atoms with Crippen molar-refractivity contribution in [3.8, 4) is 0 Å². The van der Waals surface area contributed by atoms with E-state index in [9.17, 15) is 19.8 Å². The summed E-state index contributed by atoms with van der Waals surface area (Å²) in [6, 6.07) is 4.08. The number of amides is 1. The molecule has 4 unspecified atom stereocenters. The fraction of sp³-hybridized carbons (Fsp3) is 0.750. The number of anilines is 1. The lowest BCUT2D eigenvalue weighted by Crippen LogP contribution is -2.61. The second-order valence-electron chi connectivity index (χ2n) is 11.9. The molecule has 4 aliphatic carbocycles. The van der Waals surface area contributed by atoms with E-state index >= 15 is 0 Å². The highest BCUT2D eigenvalue weighted by atomic mass is 32.2. The average Bonchev–Trinajstić information content (AvgIpc) is 2.85. The number of rotatable bonds is 8. The second-order valence-corrected chi connectivity index (χ2v) is 13.0. The van der Waals surface area contributed by atoms with Crippen molar-refractivity contribution in [3.05, 3.63) is 17.7 Å². The largest absolute Gasteiger partial charge is 0.481 e. The van der Waals surface area contributed by atoms with Gasteiger partial charge in [-0.05, 0) is 92.9 Å². The average molecular weight is 516 g/mol. The molecule has 4 atom stereocenters. The number of hydrogen-bond acceptors (Lipinski definition) is 6. The number of thioether (sulfide) groups is 1. The number of piperidine rings is 1. The molecule has 5 fully saturated rings. The van der Waals surface area contributed by atoms with Crippen molar-refractivity contribution >= 4 is 29.5 Å². The van der Waals surface area contributed by atoms with Gasteiger partial charge in [-0.1, -0.05) is 13.8 Å². The SMILES string of the molecule is CCCSc1nc(N2CCCC(C(C)C(=O)O)C2)ccc1C(=O)N(C)C1C2CC3CC1CC(O)(C3)C2. The zero-order valence-electron chi connectivity index (χ0n) is 21.9. The third-order valence-corrected chi connectivity index (χ3v) is 10.6. The van der Waals surface area contributed by atoms with Gasteiger partial charge in [0.25, 0.3) is 5.91 Å². The van der Waals surface area contributed by atoms with E-state index in [1.165, 1.54) is 0 Å². The van der Waals surface area contributed by atoms with Crippen molar-refractivity contribution < 1.29 is 19.8 Å². The molecule has 0 radical (unpaired) electrons. The van der Waals surface area contributed by atoms with Crippen molar-refractivity contribution in [3.63, 3.8) is 0 Å². The Kier molecular flexibility index (Phi) is 7.29. The zero-order valence-corrected chi connectivity index (χ0v) is 22.7. The van der Waals surface area contributed by atoms with E-state index in [4.69, 9.17) is 4.98 Å². The number of carbonyl (C=O) groups excluding carboxylic acids is 1. The molecule has 1 amide bonds. The third kappa shape index (κ3) is 4.87. The fourth-order valence-electron chi connectivity index (χ4n) is 7.82. The van der Waals surface area contributed by atoms with Crippen molar-refractivity contribution in [1.82, 2.24) is 9.88 Å². The molecule has 1 saturated heterocycles. The molecule has 198 valence electrons. The monoisotopic (exact) mass is 515 g/mol. The number of aromatic nitrogens is 1. The molecule has 4 saturated carbocycles. The molecule has 4 bridgehead atoms. The summed E-state index contributed by atoms with van der Waals surface area (Å²) in [4.78, 5) is 34.6. The lowest BCUT2D eigenvalue weighted by Gasteiger charge is -2.59. The molecule has 1 aliphatic heterocycles. The van der Waals surface area contributed by atoms with E-state index in [-0.39, 0.29) is 23.8 Å². The minimum atomic E-state index is -0.741. The summed E-state index contributed by atoms with van der Waals surface area (Å²) in [6.45, 7) is 5.47. The summed E-state index contributed by atoms with van der Waals surface area (Å²) in [5.41, 5.74) is 0.159. The molecule has 2 N–H and O–H groups in total. The predicted octanol–water partition coefficient (Wildman–Crippen LogP) is 4.53. The second kappa shape index (κ2) is 10.2. The van der Waals surface area contributed by atoms with Crippen molar-refractivity contribution in [2.75, 3.05) is 30.8 Å². The van der Waals surface area contributed by atoms with E-state index in [2.05, 4.69) is 11.8 Å². The van der Waals surface area contributed by atoms with Gasteiger partial charge >= 0.3 is 5.97 Å². The minimum absolute atomic E-state index is 0.0353. The molecular weight excluding hydrogens is 474 g/mol. The summed E-state index contributed by atoms with van der Waals surface area (Å²) in [5, 5.41) is 21.2. The summed E-state index contributed by atoms with van der Waals surface area (Å²) >= 11 is 1.64. The van der Waals surface area contributed by atoms with Crippen molar-refractivity contribution in [2.24, 2.45) is 29.6 Å². The van der Waals surface area contributed by atoms with E-state index in [0.717, 1.165) is 74.5 Å². The smallest absolute Gasteiger partial charge is 0.306 e. The van der Waals surface area contributed by atoms with Gasteiger partial charge in [0.15, 0.2) is 0 Å².